The molecule has 100 valence electrons. The van der Waals surface area contributed by atoms with Crippen LogP contribution in [0.4, 0.5) is 0 Å². The monoisotopic (exact) mass is 265 g/mol. The molecule has 0 atom stereocenters. The van der Waals surface area contributed by atoms with Crippen LogP contribution in [0.3, 0.4) is 0 Å². The van der Waals surface area contributed by atoms with Crippen LogP contribution in [0.15, 0.2) is 47.0 Å². The Morgan fingerprint density at radius 3 is 2.60 bits per heavy atom. The fraction of sp³-hybridized carbons (Fsp3) is 0.250. The fourth-order valence-electron chi connectivity index (χ4n) is 2.64. The lowest BCUT2D eigenvalue weighted by Gasteiger charge is -2.33. The summed E-state index contributed by atoms with van der Waals surface area (Å²) in [6.45, 7) is 0. The first-order valence-electron chi connectivity index (χ1n) is 6.87. The quantitative estimate of drug-likeness (QED) is 0.772. The van der Waals surface area contributed by atoms with Crippen LogP contribution >= 0.6 is 0 Å². The van der Waals surface area contributed by atoms with Crippen molar-refractivity contribution in [3.05, 3.63) is 48.4 Å². The van der Waals surface area contributed by atoms with Crippen LogP contribution in [-0.2, 0) is 5.54 Å². The Morgan fingerprint density at radius 1 is 1.05 bits per heavy atom. The maximum Gasteiger partial charge on any atom is 0.247 e. The Balaban J connectivity index is 1.75. The third-order valence-electron chi connectivity index (χ3n) is 4.11. The van der Waals surface area contributed by atoms with Crippen molar-refractivity contribution in [1.82, 2.24) is 10.1 Å². The zero-order valence-corrected chi connectivity index (χ0v) is 11.0. The van der Waals surface area contributed by atoms with Gasteiger partial charge in [0.15, 0.2) is 0 Å². The SMILES string of the molecule is NC1(c2nc(-c3ccc4ccccc4c3)no2)CCC1. The van der Waals surface area contributed by atoms with Crippen LogP contribution < -0.4 is 5.73 Å². The van der Waals surface area contributed by atoms with Gasteiger partial charge in [-0.1, -0.05) is 41.6 Å². The molecule has 2 aromatic carbocycles. The van der Waals surface area contributed by atoms with Gasteiger partial charge in [-0.2, -0.15) is 4.98 Å². The summed E-state index contributed by atoms with van der Waals surface area (Å²) >= 11 is 0. The van der Waals surface area contributed by atoms with E-state index in [1.54, 1.807) is 0 Å². The molecular weight excluding hydrogens is 250 g/mol. The van der Waals surface area contributed by atoms with E-state index in [0.717, 1.165) is 24.8 Å². The number of hydrogen-bond donors (Lipinski definition) is 1. The summed E-state index contributed by atoms with van der Waals surface area (Å²) in [5.74, 6) is 1.18. The molecule has 1 fully saturated rings. The van der Waals surface area contributed by atoms with Crippen LogP contribution in [0.1, 0.15) is 25.2 Å². The van der Waals surface area contributed by atoms with Gasteiger partial charge in [-0.15, -0.1) is 0 Å². The van der Waals surface area contributed by atoms with Crippen LogP contribution in [-0.4, -0.2) is 10.1 Å². The number of fused-ring (bicyclic) bond motifs is 1. The number of benzene rings is 2. The zero-order chi connectivity index (χ0) is 13.6. The number of aromatic nitrogens is 2. The molecule has 2 N–H and O–H groups in total. The van der Waals surface area contributed by atoms with E-state index >= 15 is 0 Å². The second-order valence-corrected chi connectivity index (χ2v) is 5.49. The molecule has 0 aliphatic heterocycles. The minimum absolute atomic E-state index is 0.401. The van der Waals surface area contributed by atoms with E-state index < -0.39 is 5.54 Å². The lowest BCUT2D eigenvalue weighted by Crippen LogP contribution is -2.43. The molecule has 0 spiro atoms. The summed E-state index contributed by atoms with van der Waals surface area (Å²) in [6, 6.07) is 14.4. The topological polar surface area (TPSA) is 64.9 Å². The van der Waals surface area contributed by atoms with Gasteiger partial charge >= 0.3 is 0 Å². The average molecular weight is 265 g/mol. The number of hydrogen-bond acceptors (Lipinski definition) is 4. The van der Waals surface area contributed by atoms with Gasteiger partial charge in [-0.3, -0.25) is 0 Å². The van der Waals surface area contributed by atoms with Crippen LogP contribution in [0.25, 0.3) is 22.2 Å². The second-order valence-electron chi connectivity index (χ2n) is 5.49. The summed E-state index contributed by atoms with van der Waals surface area (Å²) in [5.41, 5.74) is 6.77. The van der Waals surface area contributed by atoms with Crippen molar-refractivity contribution in [2.45, 2.75) is 24.8 Å². The highest BCUT2D eigenvalue weighted by Crippen LogP contribution is 2.38. The molecule has 4 heteroatoms. The van der Waals surface area contributed by atoms with E-state index in [9.17, 15) is 0 Å². The van der Waals surface area contributed by atoms with Gasteiger partial charge in [-0.25, -0.2) is 0 Å². The smallest absolute Gasteiger partial charge is 0.247 e. The summed E-state index contributed by atoms with van der Waals surface area (Å²) in [7, 11) is 0. The molecule has 0 unspecified atom stereocenters. The number of nitrogens with two attached hydrogens (primary N) is 1. The molecule has 1 aliphatic carbocycles. The van der Waals surface area contributed by atoms with E-state index in [1.807, 2.05) is 18.2 Å². The molecule has 0 saturated heterocycles. The highest BCUT2D eigenvalue weighted by molar-refractivity contribution is 5.86. The van der Waals surface area contributed by atoms with Crippen molar-refractivity contribution < 1.29 is 4.52 Å². The van der Waals surface area contributed by atoms with Gasteiger partial charge in [-0.05, 0) is 36.1 Å². The Bertz CT molecular complexity index is 774. The first-order chi connectivity index (χ1) is 9.74. The van der Waals surface area contributed by atoms with Crippen molar-refractivity contribution >= 4 is 10.8 Å². The van der Waals surface area contributed by atoms with Crippen LogP contribution in [0.2, 0.25) is 0 Å². The van der Waals surface area contributed by atoms with E-state index in [4.69, 9.17) is 10.3 Å². The van der Waals surface area contributed by atoms with Gasteiger partial charge in [0.05, 0.1) is 5.54 Å². The first-order valence-corrected chi connectivity index (χ1v) is 6.87. The average Bonchev–Trinajstić information content (AvgIpc) is 2.94. The first kappa shape index (κ1) is 11.6. The third kappa shape index (κ3) is 1.72. The molecule has 1 saturated carbocycles. The molecule has 0 radical (unpaired) electrons. The third-order valence-corrected chi connectivity index (χ3v) is 4.11. The number of rotatable bonds is 2. The molecule has 0 bridgehead atoms. The van der Waals surface area contributed by atoms with Crippen LogP contribution in [0, 0.1) is 0 Å². The lowest BCUT2D eigenvalue weighted by molar-refractivity contribution is 0.181. The van der Waals surface area contributed by atoms with Crippen molar-refractivity contribution in [2.24, 2.45) is 5.73 Å². The van der Waals surface area contributed by atoms with E-state index in [1.165, 1.54) is 10.8 Å². The van der Waals surface area contributed by atoms with Gasteiger partial charge in [0.1, 0.15) is 0 Å². The van der Waals surface area contributed by atoms with E-state index in [-0.39, 0.29) is 0 Å². The maximum absolute atomic E-state index is 6.21. The van der Waals surface area contributed by atoms with Crippen molar-refractivity contribution in [3.63, 3.8) is 0 Å². The summed E-state index contributed by atoms with van der Waals surface area (Å²) < 4.78 is 5.35. The van der Waals surface area contributed by atoms with Crippen molar-refractivity contribution in [1.29, 1.82) is 0 Å². The van der Waals surface area contributed by atoms with Crippen molar-refractivity contribution in [3.8, 4) is 11.4 Å². The molecule has 1 heterocycles. The number of nitrogens with zero attached hydrogens (tertiary/aromatic N) is 2. The minimum atomic E-state index is -0.401. The molecule has 1 aromatic heterocycles. The molecule has 1 aliphatic rings. The highest BCUT2D eigenvalue weighted by Gasteiger charge is 2.39. The summed E-state index contributed by atoms with van der Waals surface area (Å²) in [4.78, 5) is 4.48. The minimum Gasteiger partial charge on any atom is -0.337 e. The lowest BCUT2D eigenvalue weighted by atomic mass is 9.78. The molecule has 4 rings (SSSR count). The molecule has 20 heavy (non-hydrogen) atoms. The second kappa shape index (κ2) is 4.15. The standard InChI is InChI=1S/C16H15N3O/c17-16(8-3-9-16)15-18-14(19-20-15)13-7-6-11-4-1-2-5-12(11)10-13/h1-2,4-7,10H,3,8-9,17H2. The molecular formula is C16H15N3O. The Morgan fingerprint density at radius 2 is 1.85 bits per heavy atom. The molecule has 0 amide bonds. The molecule has 4 nitrogen and oxygen atoms in total. The van der Waals surface area contributed by atoms with Gasteiger partial charge in [0.25, 0.3) is 0 Å². The Kier molecular flexibility index (Phi) is 2.41. The summed E-state index contributed by atoms with van der Waals surface area (Å²) in [6.07, 6.45) is 2.98. The van der Waals surface area contributed by atoms with Gasteiger partial charge < -0.3 is 10.3 Å². The highest BCUT2D eigenvalue weighted by atomic mass is 16.5. The van der Waals surface area contributed by atoms with Gasteiger partial charge in [0.2, 0.25) is 11.7 Å². The zero-order valence-electron chi connectivity index (χ0n) is 11.0. The van der Waals surface area contributed by atoms with Crippen molar-refractivity contribution in [2.75, 3.05) is 0 Å². The normalized spacial score (nSPS) is 17.1. The predicted octanol–water partition coefficient (Wildman–Crippen LogP) is 3.23. The van der Waals surface area contributed by atoms with E-state index in [0.29, 0.717) is 11.7 Å². The maximum atomic E-state index is 6.21. The molecule has 3 aromatic rings. The Labute approximate surface area is 116 Å². The largest absolute Gasteiger partial charge is 0.337 e. The predicted molar refractivity (Wildman–Crippen MR) is 77.0 cm³/mol. The Hall–Kier alpha value is -2.20. The summed E-state index contributed by atoms with van der Waals surface area (Å²) in [5, 5.41) is 6.45. The fourth-order valence-corrected chi connectivity index (χ4v) is 2.64. The van der Waals surface area contributed by atoms with Crippen LogP contribution in [0.5, 0.6) is 0 Å². The van der Waals surface area contributed by atoms with Gasteiger partial charge in [0, 0.05) is 5.56 Å². The van der Waals surface area contributed by atoms with E-state index in [2.05, 4.69) is 34.4 Å².